The molecule has 0 unspecified atom stereocenters. The molecule has 3 nitrogen and oxygen atoms in total. The molecule has 0 aromatic carbocycles. The summed E-state index contributed by atoms with van der Waals surface area (Å²) in [6, 6.07) is 3.73. The number of aromatic nitrogens is 2. The molecule has 0 aliphatic carbocycles. The van der Waals surface area contributed by atoms with Crippen molar-refractivity contribution in [1.29, 1.82) is 0 Å². The zero-order valence-electron chi connectivity index (χ0n) is 7.84. The molecule has 15 heavy (non-hydrogen) atoms. The fourth-order valence-corrected chi connectivity index (χ4v) is 1.60. The van der Waals surface area contributed by atoms with E-state index in [1.165, 1.54) is 11.3 Å². The summed E-state index contributed by atoms with van der Waals surface area (Å²) in [7, 11) is 0. The van der Waals surface area contributed by atoms with Crippen molar-refractivity contribution in [3.63, 3.8) is 0 Å². The topological polar surface area (TPSA) is 46.0 Å². The number of hydrogen-bond acceptors (Lipinski definition) is 4. The van der Waals surface area contributed by atoms with Gasteiger partial charge in [-0.1, -0.05) is 5.92 Å². The Morgan fingerprint density at radius 3 is 3.00 bits per heavy atom. The average molecular weight is 216 g/mol. The summed E-state index contributed by atoms with van der Waals surface area (Å²) >= 11 is 1.41. The standard InChI is InChI=1S/C11H8N2OS/c14-7-11-13-10(8-15-11)4-3-9-2-1-5-12-6-9/h1-2,5-6,8,14H,7H2. The van der Waals surface area contributed by atoms with Crippen LogP contribution in [-0.4, -0.2) is 15.1 Å². The van der Waals surface area contributed by atoms with Gasteiger partial charge >= 0.3 is 0 Å². The Bertz CT molecular complexity index is 496. The molecule has 0 radical (unpaired) electrons. The van der Waals surface area contributed by atoms with E-state index in [2.05, 4.69) is 21.8 Å². The Hall–Kier alpha value is -1.70. The minimum Gasteiger partial charge on any atom is -0.389 e. The van der Waals surface area contributed by atoms with Gasteiger partial charge in [-0.05, 0) is 18.1 Å². The second-order valence-corrected chi connectivity index (χ2v) is 3.72. The fraction of sp³-hybridized carbons (Fsp3) is 0.0909. The van der Waals surface area contributed by atoms with E-state index in [0.717, 1.165) is 5.56 Å². The van der Waals surface area contributed by atoms with Gasteiger partial charge in [0, 0.05) is 23.3 Å². The first-order valence-electron chi connectivity index (χ1n) is 4.36. The first kappa shape index (κ1) is 9.84. The van der Waals surface area contributed by atoms with Crippen LogP contribution in [0.2, 0.25) is 0 Å². The van der Waals surface area contributed by atoms with E-state index in [4.69, 9.17) is 5.11 Å². The zero-order valence-corrected chi connectivity index (χ0v) is 8.66. The minimum atomic E-state index is -0.0285. The number of aliphatic hydroxyl groups excluding tert-OH is 1. The summed E-state index contributed by atoms with van der Waals surface area (Å²) in [6.45, 7) is -0.0285. The number of aliphatic hydroxyl groups is 1. The van der Waals surface area contributed by atoms with Gasteiger partial charge in [-0.25, -0.2) is 4.98 Å². The fourth-order valence-electron chi connectivity index (χ4n) is 1.01. The van der Waals surface area contributed by atoms with Gasteiger partial charge in [-0.15, -0.1) is 11.3 Å². The van der Waals surface area contributed by atoms with Crippen molar-refractivity contribution < 1.29 is 5.11 Å². The summed E-state index contributed by atoms with van der Waals surface area (Å²) in [5, 5.41) is 11.3. The van der Waals surface area contributed by atoms with E-state index in [9.17, 15) is 0 Å². The molecule has 1 N–H and O–H groups in total. The molecule has 4 heteroatoms. The predicted octanol–water partition coefficient (Wildman–Crippen LogP) is 1.43. The maximum atomic E-state index is 8.83. The maximum absolute atomic E-state index is 8.83. The predicted molar refractivity (Wildman–Crippen MR) is 58.3 cm³/mol. The van der Waals surface area contributed by atoms with Crippen molar-refractivity contribution in [2.45, 2.75) is 6.61 Å². The van der Waals surface area contributed by atoms with Crippen LogP contribution in [0, 0.1) is 11.8 Å². The van der Waals surface area contributed by atoms with Gasteiger partial charge in [-0.3, -0.25) is 4.98 Å². The van der Waals surface area contributed by atoms with Crippen LogP contribution in [0.25, 0.3) is 0 Å². The number of hydrogen-bond donors (Lipinski definition) is 1. The van der Waals surface area contributed by atoms with E-state index < -0.39 is 0 Å². The Morgan fingerprint density at radius 2 is 2.33 bits per heavy atom. The Kier molecular flexibility index (Phi) is 3.08. The molecule has 2 heterocycles. The lowest BCUT2D eigenvalue weighted by atomic mass is 10.3. The third-order valence-corrected chi connectivity index (χ3v) is 2.52. The number of nitrogens with zero attached hydrogens (tertiary/aromatic N) is 2. The lowest BCUT2D eigenvalue weighted by Crippen LogP contribution is -1.81. The third-order valence-electron chi connectivity index (χ3n) is 1.68. The Balaban J connectivity index is 2.18. The molecule has 0 bridgehead atoms. The third kappa shape index (κ3) is 2.62. The van der Waals surface area contributed by atoms with Crippen molar-refractivity contribution in [1.82, 2.24) is 9.97 Å². The Labute approximate surface area is 91.5 Å². The molecule has 0 amide bonds. The summed E-state index contributed by atoms with van der Waals surface area (Å²) in [5.74, 6) is 5.86. The smallest absolute Gasteiger partial charge is 0.124 e. The first-order valence-corrected chi connectivity index (χ1v) is 5.24. The monoisotopic (exact) mass is 216 g/mol. The lowest BCUT2D eigenvalue weighted by molar-refractivity contribution is 0.281. The molecular weight excluding hydrogens is 208 g/mol. The van der Waals surface area contributed by atoms with Gasteiger partial charge in [-0.2, -0.15) is 0 Å². The second-order valence-electron chi connectivity index (χ2n) is 2.78. The molecule has 0 aliphatic heterocycles. The summed E-state index contributed by atoms with van der Waals surface area (Å²) < 4.78 is 0. The van der Waals surface area contributed by atoms with E-state index in [-0.39, 0.29) is 6.61 Å². The van der Waals surface area contributed by atoms with Crippen LogP contribution in [-0.2, 0) is 6.61 Å². The van der Waals surface area contributed by atoms with Crippen molar-refractivity contribution in [2.75, 3.05) is 0 Å². The lowest BCUT2D eigenvalue weighted by Gasteiger charge is -1.84. The molecule has 2 aromatic heterocycles. The molecule has 0 atom stereocenters. The highest BCUT2D eigenvalue weighted by molar-refractivity contribution is 7.09. The number of pyridine rings is 1. The SMILES string of the molecule is OCc1nc(C#Cc2cccnc2)cs1. The van der Waals surface area contributed by atoms with Crippen molar-refractivity contribution in [3.8, 4) is 11.8 Å². The van der Waals surface area contributed by atoms with E-state index >= 15 is 0 Å². The van der Waals surface area contributed by atoms with Gasteiger partial charge < -0.3 is 5.11 Å². The number of rotatable bonds is 1. The zero-order chi connectivity index (χ0) is 10.5. The molecule has 0 spiro atoms. The average Bonchev–Trinajstić information content (AvgIpc) is 2.76. The quantitative estimate of drug-likeness (QED) is 0.733. The van der Waals surface area contributed by atoms with Crippen LogP contribution in [0.15, 0.2) is 29.9 Å². The van der Waals surface area contributed by atoms with Crippen molar-refractivity contribution >= 4 is 11.3 Å². The second kappa shape index (κ2) is 4.69. The van der Waals surface area contributed by atoms with Crippen LogP contribution in [0.5, 0.6) is 0 Å². The normalized spacial score (nSPS) is 9.40. The number of thiazole rings is 1. The van der Waals surface area contributed by atoms with Crippen LogP contribution >= 0.6 is 11.3 Å². The molecule has 0 saturated heterocycles. The summed E-state index contributed by atoms with van der Waals surface area (Å²) in [5.41, 5.74) is 1.55. The van der Waals surface area contributed by atoms with Gasteiger partial charge in [0.05, 0.1) is 6.61 Å². The van der Waals surface area contributed by atoms with Crippen LogP contribution in [0.4, 0.5) is 0 Å². The minimum absolute atomic E-state index is 0.0285. The molecule has 2 rings (SSSR count). The highest BCUT2D eigenvalue weighted by Gasteiger charge is 1.96. The highest BCUT2D eigenvalue weighted by Crippen LogP contribution is 2.08. The molecule has 0 fully saturated rings. The summed E-state index contributed by atoms with van der Waals surface area (Å²) in [4.78, 5) is 8.08. The molecular formula is C11H8N2OS. The first-order chi connectivity index (χ1) is 7.38. The van der Waals surface area contributed by atoms with Gasteiger partial charge in [0.15, 0.2) is 0 Å². The van der Waals surface area contributed by atoms with E-state index in [0.29, 0.717) is 10.7 Å². The van der Waals surface area contributed by atoms with E-state index in [1.54, 1.807) is 12.4 Å². The molecule has 2 aromatic rings. The Morgan fingerprint density at radius 1 is 1.40 bits per heavy atom. The molecule has 0 aliphatic rings. The maximum Gasteiger partial charge on any atom is 0.124 e. The van der Waals surface area contributed by atoms with Crippen LogP contribution < -0.4 is 0 Å². The molecule has 74 valence electrons. The van der Waals surface area contributed by atoms with Crippen LogP contribution in [0.1, 0.15) is 16.3 Å². The van der Waals surface area contributed by atoms with Crippen LogP contribution in [0.3, 0.4) is 0 Å². The van der Waals surface area contributed by atoms with Gasteiger partial charge in [0.25, 0.3) is 0 Å². The van der Waals surface area contributed by atoms with Crippen molar-refractivity contribution in [2.24, 2.45) is 0 Å². The van der Waals surface area contributed by atoms with Crippen molar-refractivity contribution in [3.05, 3.63) is 46.2 Å². The highest BCUT2D eigenvalue weighted by atomic mass is 32.1. The van der Waals surface area contributed by atoms with E-state index in [1.807, 2.05) is 17.5 Å². The van der Waals surface area contributed by atoms with Gasteiger partial charge in [0.1, 0.15) is 10.7 Å². The summed E-state index contributed by atoms with van der Waals surface area (Å²) in [6.07, 6.45) is 3.41. The van der Waals surface area contributed by atoms with Gasteiger partial charge in [0.2, 0.25) is 0 Å². The molecule has 0 saturated carbocycles. The largest absolute Gasteiger partial charge is 0.389 e.